The van der Waals surface area contributed by atoms with Gasteiger partial charge in [0.1, 0.15) is 0 Å². The Balaban J connectivity index is 0.000000747. The van der Waals surface area contributed by atoms with E-state index in [9.17, 15) is 4.79 Å². The number of ketones is 1. The minimum Gasteiger partial charge on any atom is -0.388 e. The molecule has 2 aromatic rings. The van der Waals surface area contributed by atoms with E-state index < -0.39 is 0 Å². The smallest absolute Gasteiger partial charge is 0.162 e. The lowest BCUT2D eigenvalue weighted by atomic mass is 10.0. The van der Waals surface area contributed by atoms with Gasteiger partial charge in [-0.15, -0.1) is 0 Å². The van der Waals surface area contributed by atoms with E-state index in [1.807, 2.05) is 65.2 Å². The molecule has 242 valence electrons. The summed E-state index contributed by atoms with van der Waals surface area (Å²) in [7, 11) is 1.93. The van der Waals surface area contributed by atoms with E-state index in [1.165, 1.54) is 37.7 Å². The Morgan fingerprint density at radius 2 is 1.68 bits per heavy atom. The average Bonchev–Trinajstić information content (AvgIpc) is 3.01. The molecule has 0 bridgehead atoms. The van der Waals surface area contributed by atoms with Gasteiger partial charge in [0, 0.05) is 43.2 Å². The molecule has 2 rings (SSSR count). The third-order valence-corrected chi connectivity index (χ3v) is 7.56. The van der Waals surface area contributed by atoms with E-state index in [2.05, 4.69) is 76.5 Å². The van der Waals surface area contributed by atoms with Crippen LogP contribution in [0.5, 0.6) is 0 Å². The third-order valence-electron chi connectivity index (χ3n) is 7.56. The molecule has 5 nitrogen and oxygen atoms in total. The number of nitrogens with zero attached hydrogens (tertiary/aromatic N) is 1. The first-order valence-corrected chi connectivity index (χ1v) is 16.4. The van der Waals surface area contributed by atoms with Crippen molar-refractivity contribution in [1.82, 2.24) is 0 Å². The molecule has 0 radical (unpaired) electrons. The number of anilines is 2. The highest BCUT2D eigenvalue weighted by atomic mass is 16.5. The number of nitrogens with one attached hydrogen (secondary N) is 2. The van der Waals surface area contributed by atoms with Crippen LogP contribution in [0.3, 0.4) is 0 Å². The first-order chi connectivity index (χ1) is 21.0. The van der Waals surface area contributed by atoms with Gasteiger partial charge in [-0.2, -0.15) is 0 Å². The molecule has 0 aliphatic rings. The lowest BCUT2D eigenvalue weighted by molar-refractivity contribution is 0.0569. The molecule has 1 atom stereocenters. The molecule has 0 aromatic heterocycles. The van der Waals surface area contributed by atoms with Crippen LogP contribution < -0.4 is 10.6 Å². The van der Waals surface area contributed by atoms with Crippen molar-refractivity contribution >= 4 is 28.4 Å². The highest BCUT2D eigenvalue weighted by Crippen LogP contribution is 2.23. The molecular weight excluding hydrogens is 542 g/mol. The normalized spacial score (nSPS) is 13.2. The second-order valence-corrected chi connectivity index (χ2v) is 11.5. The fraction of sp³-hybridized carbons (Fsp3) is 0.487. The summed E-state index contributed by atoms with van der Waals surface area (Å²) in [6.45, 7) is 21.7. The van der Waals surface area contributed by atoms with Crippen molar-refractivity contribution in [2.45, 2.75) is 114 Å². The zero-order valence-electron chi connectivity index (χ0n) is 29.5. The van der Waals surface area contributed by atoms with Gasteiger partial charge in [0.05, 0.1) is 17.5 Å². The molecular formula is C39H59N3O2. The maximum Gasteiger partial charge on any atom is 0.162 e. The molecule has 0 saturated carbocycles. The zero-order chi connectivity index (χ0) is 33.1. The number of carbonyl (C=O) groups excluding carboxylic acids is 1. The number of rotatable bonds is 16. The van der Waals surface area contributed by atoms with Gasteiger partial charge in [-0.3, -0.25) is 9.79 Å². The van der Waals surface area contributed by atoms with Crippen LogP contribution in [0.15, 0.2) is 71.0 Å². The Bertz CT molecular complexity index is 1300. The predicted octanol–water partition coefficient (Wildman–Crippen LogP) is 11.1. The second kappa shape index (κ2) is 21.3. The van der Waals surface area contributed by atoms with Crippen molar-refractivity contribution in [3.8, 4) is 0 Å². The summed E-state index contributed by atoms with van der Waals surface area (Å²) in [6, 6.07) is 12.3. The van der Waals surface area contributed by atoms with Crippen LogP contribution in [0.2, 0.25) is 0 Å². The number of allylic oxidation sites excluding steroid dienone is 5. The van der Waals surface area contributed by atoms with E-state index in [1.54, 1.807) is 0 Å². The minimum atomic E-state index is 0.163. The first kappa shape index (κ1) is 38.6. The van der Waals surface area contributed by atoms with Crippen LogP contribution in [-0.4, -0.2) is 31.3 Å². The van der Waals surface area contributed by atoms with E-state index in [4.69, 9.17) is 9.73 Å². The number of aliphatic imine (C=N–C) groups is 1. The molecule has 1 unspecified atom stereocenters. The van der Waals surface area contributed by atoms with Gasteiger partial charge in [0.15, 0.2) is 5.78 Å². The number of carbonyl (C=O) groups is 1. The molecule has 0 fully saturated rings. The number of hydrogen-bond acceptors (Lipinski definition) is 5. The second-order valence-electron chi connectivity index (χ2n) is 11.5. The van der Waals surface area contributed by atoms with Gasteiger partial charge >= 0.3 is 0 Å². The highest BCUT2D eigenvalue weighted by Gasteiger charge is 2.10. The number of unbranched alkanes of at least 4 members (excludes halogenated alkanes) is 2. The summed E-state index contributed by atoms with van der Waals surface area (Å²) in [5.41, 5.74) is 10.2. The Hall–Kier alpha value is -3.44. The van der Waals surface area contributed by atoms with Crippen LogP contribution in [-0.2, 0) is 4.74 Å². The van der Waals surface area contributed by atoms with E-state index in [0.717, 1.165) is 57.2 Å². The van der Waals surface area contributed by atoms with Crippen LogP contribution in [0.25, 0.3) is 5.57 Å². The topological polar surface area (TPSA) is 62.7 Å². The fourth-order valence-corrected chi connectivity index (χ4v) is 4.72. The molecule has 0 saturated heterocycles. The predicted molar refractivity (Wildman–Crippen MR) is 194 cm³/mol. The first-order valence-electron chi connectivity index (χ1n) is 16.4. The summed E-state index contributed by atoms with van der Waals surface area (Å²) in [5, 5.41) is 6.73. The molecule has 0 aliphatic carbocycles. The Morgan fingerprint density at radius 1 is 0.977 bits per heavy atom. The van der Waals surface area contributed by atoms with Crippen molar-refractivity contribution in [3.05, 3.63) is 88.3 Å². The van der Waals surface area contributed by atoms with Crippen LogP contribution >= 0.6 is 0 Å². The van der Waals surface area contributed by atoms with Crippen LogP contribution in [0, 0.1) is 13.8 Å². The molecule has 5 heteroatoms. The lowest BCUT2D eigenvalue weighted by Gasteiger charge is -2.15. The van der Waals surface area contributed by atoms with Gasteiger partial charge in [-0.25, -0.2) is 0 Å². The minimum absolute atomic E-state index is 0.163. The van der Waals surface area contributed by atoms with Crippen molar-refractivity contribution in [3.63, 3.8) is 0 Å². The SMILES string of the molecule is CCCCOC(C)CCCC.C\C=C/C(C)=C(Nc1ccc(C(=O)CC)c(C)c1)\C(C)=N\C=C(/C)c1ccc(NC)c(C)c1. The fourth-order valence-electron chi connectivity index (χ4n) is 4.72. The van der Waals surface area contributed by atoms with Gasteiger partial charge in [-0.05, 0) is 119 Å². The van der Waals surface area contributed by atoms with E-state index in [0.29, 0.717) is 12.5 Å². The molecule has 0 heterocycles. The molecule has 0 amide bonds. The van der Waals surface area contributed by atoms with Gasteiger partial charge in [-0.1, -0.05) is 58.3 Å². The highest BCUT2D eigenvalue weighted by molar-refractivity contribution is 6.03. The standard InChI is InChI=1S/C29H37N3O.C10H22O/c1-9-11-19(3)29(32-25-13-14-26(20(4)17-25)28(33)10-2)23(7)31-18-22(6)24-12-15-27(30-8)21(5)16-24;1-4-6-8-10(3)11-9-7-5-2/h9,11-18,30,32H,10H2,1-8H3;10H,4-9H2,1-3H3/b11-9-,22-18+,29-19+,31-23+;. The summed E-state index contributed by atoms with van der Waals surface area (Å²) < 4.78 is 5.58. The van der Waals surface area contributed by atoms with Gasteiger partial charge < -0.3 is 15.4 Å². The molecule has 2 N–H and O–H groups in total. The zero-order valence-corrected chi connectivity index (χ0v) is 29.5. The van der Waals surface area contributed by atoms with Crippen molar-refractivity contribution in [2.24, 2.45) is 4.99 Å². The Morgan fingerprint density at radius 3 is 2.25 bits per heavy atom. The number of Topliss-reactive ketones (excluding diaryl/α,β-unsaturated/α-hetero) is 1. The van der Waals surface area contributed by atoms with Crippen LogP contribution in [0.4, 0.5) is 11.4 Å². The molecule has 0 spiro atoms. The van der Waals surface area contributed by atoms with Crippen molar-refractivity contribution < 1.29 is 9.53 Å². The summed E-state index contributed by atoms with van der Waals surface area (Å²) in [4.78, 5) is 16.9. The van der Waals surface area contributed by atoms with Crippen molar-refractivity contribution in [2.75, 3.05) is 24.3 Å². The number of hydrogen-bond donors (Lipinski definition) is 2. The van der Waals surface area contributed by atoms with E-state index >= 15 is 0 Å². The summed E-state index contributed by atoms with van der Waals surface area (Å²) in [6.07, 6.45) is 13.2. The van der Waals surface area contributed by atoms with E-state index in [-0.39, 0.29) is 5.78 Å². The summed E-state index contributed by atoms with van der Waals surface area (Å²) in [5.74, 6) is 0.163. The number of aryl methyl sites for hydroxylation is 2. The molecule has 2 aromatic carbocycles. The average molecular weight is 602 g/mol. The Labute approximate surface area is 269 Å². The van der Waals surface area contributed by atoms with Crippen LogP contribution in [0.1, 0.15) is 121 Å². The van der Waals surface area contributed by atoms with Gasteiger partial charge in [0.2, 0.25) is 0 Å². The molecule has 44 heavy (non-hydrogen) atoms. The monoisotopic (exact) mass is 601 g/mol. The maximum absolute atomic E-state index is 12.1. The summed E-state index contributed by atoms with van der Waals surface area (Å²) >= 11 is 0. The van der Waals surface area contributed by atoms with Crippen molar-refractivity contribution in [1.29, 1.82) is 0 Å². The molecule has 0 aliphatic heterocycles. The Kier molecular flexibility index (Phi) is 18.7. The third kappa shape index (κ3) is 13.5. The maximum atomic E-state index is 12.1. The quantitative estimate of drug-likeness (QED) is 0.0869. The number of benzene rings is 2. The largest absolute Gasteiger partial charge is 0.388 e. The number of ether oxygens (including phenoxy) is 1. The lowest BCUT2D eigenvalue weighted by Crippen LogP contribution is -2.11. The van der Waals surface area contributed by atoms with Gasteiger partial charge in [0.25, 0.3) is 0 Å².